The van der Waals surface area contributed by atoms with Crippen molar-refractivity contribution in [2.24, 2.45) is 5.73 Å². The average Bonchev–Trinajstić information content (AvgIpc) is 2.53. The molecule has 1 aromatic carbocycles. The molecule has 1 unspecified atom stereocenters. The predicted molar refractivity (Wildman–Crippen MR) is 83.1 cm³/mol. The molecular weight excluding hydrogens is 248 g/mol. The number of unbranched alkanes of at least 4 members (excludes halogenated alkanes) is 1. The lowest BCUT2D eigenvalue weighted by Crippen LogP contribution is -2.45. The molecular formula is C17H24N2O. The summed E-state index contributed by atoms with van der Waals surface area (Å²) in [6.45, 7) is 3.58. The summed E-state index contributed by atoms with van der Waals surface area (Å²) >= 11 is 0. The minimum Gasteiger partial charge on any atom is -0.337 e. The quantitative estimate of drug-likeness (QED) is 0.896. The van der Waals surface area contributed by atoms with Gasteiger partial charge in [0.05, 0.1) is 6.04 Å². The Kier molecular flexibility index (Phi) is 5.36. The van der Waals surface area contributed by atoms with E-state index in [4.69, 9.17) is 5.73 Å². The maximum atomic E-state index is 12.2. The molecule has 0 spiro atoms. The Morgan fingerprint density at radius 3 is 2.70 bits per heavy atom. The van der Waals surface area contributed by atoms with Gasteiger partial charge in [0.1, 0.15) is 0 Å². The summed E-state index contributed by atoms with van der Waals surface area (Å²) < 4.78 is 0. The van der Waals surface area contributed by atoms with Gasteiger partial charge in [0.25, 0.3) is 0 Å². The molecule has 1 amide bonds. The SMILES string of the molecule is CCCCC(N)C(=O)N1CC=C(c2ccccc2)CC1. The number of benzene rings is 1. The molecule has 0 bridgehead atoms. The molecule has 0 fully saturated rings. The lowest BCUT2D eigenvalue weighted by molar-refractivity contribution is -0.132. The minimum atomic E-state index is -0.332. The summed E-state index contributed by atoms with van der Waals surface area (Å²) in [6.07, 6.45) is 5.96. The summed E-state index contributed by atoms with van der Waals surface area (Å²) in [5.74, 6) is 0.0989. The van der Waals surface area contributed by atoms with E-state index < -0.39 is 0 Å². The zero-order valence-electron chi connectivity index (χ0n) is 12.2. The number of hydrogen-bond donors (Lipinski definition) is 1. The van der Waals surface area contributed by atoms with Gasteiger partial charge in [0.2, 0.25) is 5.91 Å². The van der Waals surface area contributed by atoms with Gasteiger partial charge in [0, 0.05) is 13.1 Å². The smallest absolute Gasteiger partial charge is 0.239 e. The predicted octanol–water partition coefficient (Wildman–Crippen LogP) is 2.82. The highest BCUT2D eigenvalue weighted by Crippen LogP contribution is 2.22. The Hall–Kier alpha value is -1.61. The molecule has 0 aromatic heterocycles. The van der Waals surface area contributed by atoms with Gasteiger partial charge in [-0.2, -0.15) is 0 Å². The third-order valence-corrected chi connectivity index (χ3v) is 3.85. The second-order valence-electron chi connectivity index (χ2n) is 5.38. The van der Waals surface area contributed by atoms with Crippen molar-refractivity contribution < 1.29 is 4.79 Å². The van der Waals surface area contributed by atoms with E-state index in [9.17, 15) is 4.79 Å². The molecule has 2 N–H and O–H groups in total. The largest absolute Gasteiger partial charge is 0.337 e. The van der Waals surface area contributed by atoms with Crippen LogP contribution in [-0.2, 0) is 4.79 Å². The third kappa shape index (κ3) is 3.70. The number of nitrogens with zero attached hydrogens (tertiary/aromatic N) is 1. The molecule has 1 atom stereocenters. The van der Waals surface area contributed by atoms with Crippen LogP contribution < -0.4 is 5.73 Å². The first kappa shape index (κ1) is 14.8. The molecule has 1 heterocycles. The fourth-order valence-electron chi connectivity index (χ4n) is 2.57. The maximum absolute atomic E-state index is 12.2. The van der Waals surface area contributed by atoms with Crippen LogP contribution in [0.15, 0.2) is 36.4 Å². The first-order valence-electron chi connectivity index (χ1n) is 7.51. The number of rotatable bonds is 5. The molecule has 1 aromatic rings. The lowest BCUT2D eigenvalue weighted by Gasteiger charge is -2.29. The number of amides is 1. The van der Waals surface area contributed by atoms with Crippen LogP contribution in [0.1, 0.15) is 38.2 Å². The summed E-state index contributed by atoms with van der Waals surface area (Å²) in [7, 11) is 0. The van der Waals surface area contributed by atoms with Crippen LogP contribution in [0.2, 0.25) is 0 Å². The van der Waals surface area contributed by atoms with Crippen molar-refractivity contribution in [3.05, 3.63) is 42.0 Å². The Balaban J connectivity index is 1.93. The van der Waals surface area contributed by atoms with Crippen molar-refractivity contribution in [2.75, 3.05) is 13.1 Å². The number of carbonyl (C=O) groups is 1. The van der Waals surface area contributed by atoms with Crippen LogP contribution in [0, 0.1) is 0 Å². The van der Waals surface area contributed by atoms with Crippen molar-refractivity contribution in [3.63, 3.8) is 0 Å². The lowest BCUT2D eigenvalue weighted by atomic mass is 9.99. The molecule has 2 rings (SSSR count). The van der Waals surface area contributed by atoms with E-state index in [0.29, 0.717) is 6.54 Å². The molecule has 20 heavy (non-hydrogen) atoms. The summed E-state index contributed by atoms with van der Waals surface area (Å²) in [5.41, 5.74) is 8.56. The van der Waals surface area contributed by atoms with Crippen molar-refractivity contribution in [3.8, 4) is 0 Å². The molecule has 0 saturated carbocycles. The van der Waals surface area contributed by atoms with Gasteiger partial charge in [0.15, 0.2) is 0 Å². The van der Waals surface area contributed by atoms with E-state index in [2.05, 4.69) is 25.1 Å². The molecule has 1 aliphatic heterocycles. The van der Waals surface area contributed by atoms with Gasteiger partial charge in [-0.05, 0) is 24.0 Å². The van der Waals surface area contributed by atoms with Gasteiger partial charge in [-0.15, -0.1) is 0 Å². The van der Waals surface area contributed by atoms with Crippen molar-refractivity contribution in [2.45, 2.75) is 38.6 Å². The van der Waals surface area contributed by atoms with Gasteiger partial charge in [-0.1, -0.05) is 56.2 Å². The Morgan fingerprint density at radius 1 is 1.35 bits per heavy atom. The summed E-state index contributed by atoms with van der Waals surface area (Å²) in [6, 6.07) is 10.0. The highest BCUT2D eigenvalue weighted by molar-refractivity contribution is 5.83. The Morgan fingerprint density at radius 2 is 2.10 bits per heavy atom. The van der Waals surface area contributed by atoms with E-state index in [1.165, 1.54) is 11.1 Å². The van der Waals surface area contributed by atoms with E-state index in [1.54, 1.807) is 0 Å². The molecule has 3 heteroatoms. The van der Waals surface area contributed by atoms with Crippen LogP contribution in [0.5, 0.6) is 0 Å². The van der Waals surface area contributed by atoms with Crippen molar-refractivity contribution in [1.29, 1.82) is 0 Å². The van der Waals surface area contributed by atoms with E-state index in [0.717, 1.165) is 32.2 Å². The summed E-state index contributed by atoms with van der Waals surface area (Å²) in [4.78, 5) is 14.1. The monoisotopic (exact) mass is 272 g/mol. The fourth-order valence-corrected chi connectivity index (χ4v) is 2.57. The highest BCUT2D eigenvalue weighted by Gasteiger charge is 2.22. The summed E-state index contributed by atoms with van der Waals surface area (Å²) in [5, 5.41) is 0. The van der Waals surface area contributed by atoms with Crippen LogP contribution in [0.4, 0.5) is 0 Å². The Labute approximate surface area is 121 Å². The molecule has 3 nitrogen and oxygen atoms in total. The van der Waals surface area contributed by atoms with Gasteiger partial charge < -0.3 is 10.6 Å². The van der Waals surface area contributed by atoms with Crippen molar-refractivity contribution in [1.82, 2.24) is 4.90 Å². The zero-order valence-corrected chi connectivity index (χ0v) is 12.2. The molecule has 0 radical (unpaired) electrons. The topological polar surface area (TPSA) is 46.3 Å². The highest BCUT2D eigenvalue weighted by atomic mass is 16.2. The van der Waals surface area contributed by atoms with Crippen LogP contribution in [0.3, 0.4) is 0 Å². The van der Waals surface area contributed by atoms with E-state index in [1.807, 2.05) is 23.1 Å². The number of nitrogens with two attached hydrogens (primary N) is 1. The molecule has 0 aliphatic carbocycles. The van der Waals surface area contributed by atoms with Gasteiger partial charge >= 0.3 is 0 Å². The van der Waals surface area contributed by atoms with Crippen LogP contribution in [0.25, 0.3) is 5.57 Å². The minimum absolute atomic E-state index is 0.0989. The normalized spacial score (nSPS) is 16.7. The fraction of sp³-hybridized carbons (Fsp3) is 0.471. The maximum Gasteiger partial charge on any atom is 0.239 e. The second-order valence-corrected chi connectivity index (χ2v) is 5.38. The first-order valence-corrected chi connectivity index (χ1v) is 7.51. The number of carbonyl (C=O) groups excluding carboxylic acids is 1. The Bertz CT molecular complexity index is 467. The van der Waals surface area contributed by atoms with Crippen LogP contribution >= 0.6 is 0 Å². The average molecular weight is 272 g/mol. The third-order valence-electron chi connectivity index (χ3n) is 3.85. The number of hydrogen-bond acceptors (Lipinski definition) is 2. The second kappa shape index (κ2) is 7.25. The van der Waals surface area contributed by atoms with E-state index in [-0.39, 0.29) is 11.9 Å². The van der Waals surface area contributed by atoms with E-state index >= 15 is 0 Å². The molecule has 108 valence electrons. The van der Waals surface area contributed by atoms with Crippen LogP contribution in [-0.4, -0.2) is 29.9 Å². The standard InChI is InChI=1S/C17H24N2O/c1-2-3-9-16(18)17(20)19-12-10-15(11-13-19)14-7-5-4-6-8-14/h4-8,10,16H,2-3,9,11-13,18H2,1H3. The first-order chi connectivity index (χ1) is 9.72. The zero-order chi connectivity index (χ0) is 14.4. The van der Waals surface area contributed by atoms with Gasteiger partial charge in [-0.3, -0.25) is 4.79 Å². The molecule has 0 saturated heterocycles. The molecule has 1 aliphatic rings. The van der Waals surface area contributed by atoms with Crippen molar-refractivity contribution >= 4 is 11.5 Å². The van der Waals surface area contributed by atoms with Gasteiger partial charge in [-0.25, -0.2) is 0 Å².